The van der Waals surface area contributed by atoms with E-state index in [9.17, 15) is 9.90 Å². The molecule has 4 rings (SSSR count). The predicted molar refractivity (Wildman–Crippen MR) is 98.5 cm³/mol. The van der Waals surface area contributed by atoms with Crippen molar-refractivity contribution >= 4 is 11.0 Å². The number of aromatic hydroxyl groups is 1. The molecule has 26 heavy (non-hydrogen) atoms. The molecule has 0 bridgehead atoms. The van der Waals surface area contributed by atoms with Gasteiger partial charge in [0.2, 0.25) is 0 Å². The van der Waals surface area contributed by atoms with E-state index >= 15 is 0 Å². The zero-order chi connectivity index (χ0) is 18.3. The molecule has 0 fully saturated rings. The lowest BCUT2D eigenvalue weighted by molar-refractivity contribution is 0.415. The van der Waals surface area contributed by atoms with Gasteiger partial charge in [0.15, 0.2) is 0 Å². The number of nitrogens with zero attached hydrogens (tertiary/aromatic N) is 1. The molecule has 2 N–H and O–H groups in total. The van der Waals surface area contributed by atoms with Crippen LogP contribution in [0.3, 0.4) is 0 Å². The Bertz CT molecular complexity index is 1160. The van der Waals surface area contributed by atoms with E-state index in [4.69, 9.17) is 9.15 Å². The van der Waals surface area contributed by atoms with Gasteiger partial charge in [0.25, 0.3) is 0 Å². The Morgan fingerprint density at radius 1 is 1.12 bits per heavy atom. The highest BCUT2D eigenvalue weighted by Crippen LogP contribution is 2.38. The van der Waals surface area contributed by atoms with Crippen LogP contribution in [-0.2, 0) is 0 Å². The highest BCUT2D eigenvalue weighted by Gasteiger charge is 2.16. The number of fused-ring (bicyclic) bond motifs is 1. The van der Waals surface area contributed by atoms with Crippen LogP contribution in [0.25, 0.3) is 33.4 Å². The van der Waals surface area contributed by atoms with Crippen molar-refractivity contribution in [3.63, 3.8) is 0 Å². The lowest BCUT2D eigenvalue weighted by Crippen LogP contribution is -1.98. The summed E-state index contributed by atoms with van der Waals surface area (Å²) in [6, 6.07) is 12.3. The van der Waals surface area contributed by atoms with Crippen molar-refractivity contribution in [2.24, 2.45) is 0 Å². The van der Waals surface area contributed by atoms with Gasteiger partial charge >= 0.3 is 5.63 Å². The molecule has 0 aliphatic carbocycles. The van der Waals surface area contributed by atoms with E-state index in [1.165, 1.54) is 12.1 Å². The molecule has 6 heteroatoms. The normalized spacial score (nSPS) is 11.0. The summed E-state index contributed by atoms with van der Waals surface area (Å²) in [4.78, 5) is 11.5. The Kier molecular flexibility index (Phi) is 3.73. The van der Waals surface area contributed by atoms with Gasteiger partial charge < -0.3 is 14.3 Å². The molecule has 0 amide bonds. The summed E-state index contributed by atoms with van der Waals surface area (Å²) >= 11 is 0. The minimum absolute atomic E-state index is 0.00487. The Labute approximate surface area is 148 Å². The van der Waals surface area contributed by atoms with E-state index in [0.717, 1.165) is 27.8 Å². The zero-order valence-corrected chi connectivity index (χ0v) is 14.2. The highest BCUT2D eigenvalue weighted by molar-refractivity contribution is 5.92. The number of H-pyrrole nitrogens is 1. The fraction of sp³-hybridized carbons (Fsp3) is 0.100. The molecule has 0 radical (unpaired) electrons. The first-order chi connectivity index (χ1) is 12.6. The van der Waals surface area contributed by atoms with Crippen LogP contribution in [0.15, 0.2) is 57.9 Å². The van der Waals surface area contributed by atoms with E-state index < -0.39 is 5.63 Å². The van der Waals surface area contributed by atoms with Crippen LogP contribution in [0.4, 0.5) is 0 Å². The van der Waals surface area contributed by atoms with Gasteiger partial charge in [-0.15, -0.1) is 0 Å². The van der Waals surface area contributed by atoms with E-state index in [0.29, 0.717) is 16.8 Å². The third kappa shape index (κ3) is 2.61. The van der Waals surface area contributed by atoms with Crippen molar-refractivity contribution in [3.05, 3.63) is 64.6 Å². The van der Waals surface area contributed by atoms with Crippen LogP contribution in [-0.4, -0.2) is 22.4 Å². The highest BCUT2D eigenvalue weighted by atomic mass is 16.5. The molecule has 130 valence electrons. The van der Waals surface area contributed by atoms with E-state index in [1.54, 1.807) is 19.4 Å². The van der Waals surface area contributed by atoms with Crippen LogP contribution in [0, 0.1) is 6.92 Å². The average molecular weight is 348 g/mol. The molecule has 0 saturated carbocycles. The molecule has 2 aromatic heterocycles. The number of hydrogen-bond donors (Lipinski definition) is 2. The van der Waals surface area contributed by atoms with Crippen LogP contribution in [0.2, 0.25) is 0 Å². The monoisotopic (exact) mass is 348 g/mol. The Morgan fingerprint density at radius 2 is 1.88 bits per heavy atom. The molecule has 0 atom stereocenters. The third-order valence-corrected chi connectivity index (χ3v) is 4.38. The Hall–Kier alpha value is -3.54. The van der Waals surface area contributed by atoms with Gasteiger partial charge in [0.05, 0.1) is 19.0 Å². The van der Waals surface area contributed by atoms with Gasteiger partial charge in [0.1, 0.15) is 17.1 Å². The summed E-state index contributed by atoms with van der Waals surface area (Å²) in [5.74, 6) is 0.767. The maximum absolute atomic E-state index is 11.5. The summed E-state index contributed by atoms with van der Waals surface area (Å²) in [7, 11) is 1.62. The van der Waals surface area contributed by atoms with Gasteiger partial charge in [0, 0.05) is 28.6 Å². The quantitative estimate of drug-likeness (QED) is 0.549. The number of phenols is 1. The standard InChI is InChI=1S/C20H16N2O4/c1-11-7-19(24)26-18-9-17(23)15(8-14(11)18)20-16(10-21-22-20)12-3-5-13(25-2)6-4-12/h3-10,23H,1-2H3,(H,21,22). The summed E-state index contributed by atoms with van der Waals surface area (Å²) in [5.41, 5.74) is 3.73. The summed E-state index contributed by atoms with van der Waals surface area (Å²) in [6.45, 7) is 1.83. The molecular weight excluding hydrogens is 332 g/mol. The van der Waals surface area contributed by atoms with Crippen LogP contribution in [0.5, 0.6) is 11.5 Å². The lowest BCUT2D eigenvalue weighted by atomic mass is 9.99. The molecule has 0 saturated heterocycles. The fourth-order valence-electron chi connectivity index (χ4n) is 3.04. The van der Waals surface area contributed by atoms with Crippen molar-refractivity contribution in [3.8, 4) is 33.9 Å². The maximum atomic E-state index is 11.5. The fourth-order valence-corrected chi connectivity index (χ4v) is 3.04. The van der Waals surface area contributed by atoms with Gasteiger partial charge in [-0.2, -0.15) is 5.10 Å². The molecule has 0 spiro atoms. The topological polar surface area (TPSA) is 88.4 Å². The molecule has 4 aromatic rings. The van der Waals surface area contributed by atoms with E-state index in [2.05, 4.69) is 10.2 Å². The molecular formula is C20H16N2O4. The maximum Gasteiger partial charge on any atom is 0.336 e. The minimum Gasteiger partial charge on any atom is -0.507 e. The molecule has 2 heterocycles. The minimum atomic E-state index is -0.442. The number of aromatic amines is 1. The van der Waals surface area contributed by atoms with Crippen molar-refractivity contribution in [2.75, 3.05) is 7.11 Å². The first-order valence-electron chi connectivity index (χ1n) is 8.02. The zero-order valence-electron chi connectivity index (χ0n) is 14.2. The lowest BCUT2D eigenvalue weighted by Gasteiger charge is -2.09. The van der Waals surface area contributed by atoms with Gasteiger partial charge in [-0.25, -0.2) is 4.79 Å². The number of benzene rings is 2. The van der Waals surface area contributed by atoms with Gasteiger partial charge in [-0.3, -0.25) is 5.10 Å². The number of hydrogen-bond acceptors (Lipinski definition) is 5. The van der Waals surface area contributed by atoms with Crippen LogP contribution < -0.4 is 10.4 Å². The molecule has 0 aliphatic rings. The van der Waals surface area contributed by atoms with Crippen molar-refractivity contribution in [2.45, 2.75) is 6.92 Å². The van der Waals surface area contributed by atoms with Crippen LogP contribution in [0.1, 0.15) is 5.56 Å². The number of phenolic OH excluding ortho intramolecular Hbond substituents is 1. The Morgan fingerprint density at radius 3 is 2.62 bits per heavy atom. The molecule has 0 unspecified atom stereocenters. The first-order valence-corrected chi connectivity index (χ1v) is 8.02. The van der Waals surface area contributed by atoms with E-state index in [-0.39, 0.29) is 5.75 Å². The second-order valence-electron chi connectivity index (χ2n) is 6.00. The van der Waals surface area contributed by atoms with Gasteiger partial charge in [-0.1, -0.05) is 12.1 Å². The van der Waals surface area contributed by atoms with Crippen molar-refractivity contribution in [1.82, 2.24) is 10.2 Å². The number of methoxy groups -OCH3 is 1. The third-order valence-electron chi connectivity index (χ3n) is 4.38. The molecule has 6 nitrogen and oxygen atoms in total. The smallest absolute Gasteiger partial charge is 0.336 e. The number of nitrogens with one attached hydrogen (secondary N) is 1. The second kappa shape index (κ2) is 6.07. The van der Waals surface area contributed by atoms with Crippen LogP contribution >= 0.6 is 0 Å². The summed E-state index contributed by atoms with van der Waals surface area (Å²) in [6.07, 6.45) is 1.71. The number of ether oxygens (including phenoxy) is 1. The Balaban J connectivity index is 1.90. The first kappa shape index (κ1) is 16.0. The SMILES string of the molecule is COc1ccc(-c2cn[nH]c2-c2cc3c(C)cc(=O)oc3cc2O)cc1. The summed E-state index contributed by atoms with van der Waals surface area (Å²) in [5, 5.41) is 18.3. The largest absolute Gasteiger partial charge is 0.507 e. The molecule has 0 aliphatic heterocycles. The number of aryl methyl sites for hydroxylation is 1. The van der Waals surface area contributed by atoms with Gasteiger partial charge in [-0.05, 0) is 36.2 Å². The average Bonchev–Trinajstić information content (AvgIpc) is 3.10. The molecule has 2 aromatic carbocycles. The number of aromatic nitrogens is 2. The second-order valence-corrected chi connectivity index (χ2v) is 6.00. The summed E-state index contributed by atoms with van der Waals surface area (Å²) < 4.78 is 10.4. The van der Waals surface area contributed by atoms with E-state index in [1.807, 2.05) is 31.2 Å². The number of rotatable bonds is 3. The van der Waals surface area contributed by atoms with Crippen molar-refractivity contribution < 1.29 is 14.3 Å². The predicted octanol–water partition coefficient (Wildman–Crippen LogP) is 3.87. The van der Waals surface area contributed by atoms with Crippen molar-refractivity contribution in [1.29, 1.82) is 0 Å².